The Balaban J connectivity index is 1.55. The number of nitrogens with one attached hydrogen (secondary N) is 1. The van der Waals surface area contributed by atoms with Gasteiger partial charge in [-0.2, -0.15) is 0 Å². The molecule has 0 atom stereocenters. The van der Waals surface area contributed by atoms with Crippen LogP contribution in [0.4, 0.5) is 5.69 Å². The third kappa shape index (κ3) is 4.18. The van der Waals surface area contributed by atoms with Crippen molar-refractivity contribution in [3.8, 4) is 0 Å². The highest BCUT2D eigenvalue weighted by Gasteiger charge is 2.24. The Labute approximate surface area is 169 Å². The Hall–Kier alpha value is -2.85. The Kier molecular flexibility index (Phi) is 5.58. The number of carbonyl (C=O) groups excluding carboxylic acids is 1. The van der Waals surface area contributed by atoms with E-state index in [1.165, 1.54) is 30.2 Å². The molecule has 140 valence electrons. The zero-order valence-corrected chi connectivity index (χ0v) is 16.6. The van der Waals surface area contributed by atoms with Crippen molar-refractivity contribution in [2.24, 2.45) is 4.99 Å². The molecule has 1 heterocycles. The van der Waals surface area contributed by atoms with Gasteiger partial charge in [-0.1, -0.05) is 67.9 Å². The molecule has 0 radical (unpaired) electrons. The SMILES string of the molecule is CCCCc1ccc(N=C2NC(=O)/C(=C/c3cccc4ccccc34)S2)cc1. The molecule has 0 aliphatic carbocycles. The first-order valence-electron chi connectivity index (χ1n) is 9.59. The van der Waals surface area contributed by atoms with E-state index in [9.17, 15) is 4.79 Å². The Bertz CT molecular complexity index is 1060. The molecule has 1 aliphatic heterocycles. The quantitative estimate of drug-likeness (QED) is 0.540. The number of unbranched alkanes of at least 4 members (excludes halogenated alkanes) is 1. The van der Waals surface area contributed by atoms with Crippen LogP contribution in [0.15, 0.2) is 76.6 Å². The van der Waals surface area contributed by atoms with Gasteiger partial charge in [0, 0.05) is 0 Å². The molecule has 1 fully saturated rings. The van der Waals surface area contributed by atoms with Crippen molar-refractivity contribution in [3.05, 3.63) is 82.8 Å². The topological polar surface area (TPSA) is 41.5 Å². The summed E-state index contributed by atoms with van der Waals surface area (Å²) in [7, 11) is 0. The lowest BCUT2D eigenvalue weighted by Gasteiger charge is -2.02. The van der Waals surface area contributed by atoms with Gasteiger partial charge in [0.1, 0.15) is 0 Å². The second-order valence-corrected chi connectivity index (χ2v) is 7.85. The highest BCUT2D eigenvalue weighted by atomic mass is 32.2. The molecule has 1 aliphatic rings. The van der Waals surface area contributed by atoms with Gasteiger partial charge in [-0.25, -0.2) is 4.99 Å². The molecule has 28 heavy (non-hydrogen) atoms. The number of benzene rings is 3. The van der Waals surface area contributed by atoms with E-state index in [1.807, 2.05) is 42.5 Å². The van der Waals surface area contributed by atoms with Crippen LogP contribution in [-0.2, 0) is 11.2 Å². The number of rotatable bonds is 5. The van der Waals surface area contributed by atoms with Gasteiger partial charge >= 0.3 is 0 Å². The third-order valence-corrected chi connectivity index (χ3v) is 5.66. The molecule has 1 amide bonds. The third-order valence-electron chi connectivity index (χ3n) is 4.75. The average Bonchev–Trinajstić information content (AvgIpc) is 3.06. The minimum atomic E-state index is -0.101. The van der Waals surface area contributed by atoms with E-state index in [-0.39, 0.29) is 5.91 Å². The number of nitrogens with zero attached hydrogens (tertiary/aromatic N) is 1. The summed E-state index contributed by atoms with van der Waals surface area (Å²) in [5.41, 5.74) is 3.22. The van der Waals surface area contributed by atoms with Crippen molar-refractivity contribution in [1.29, 1.82) is 0 Å². The van der Waals surface area contributed by atoms with Crippen molar-refractivity contribution < 1.29 is 4.79 Å². The molecule has 0 spiro atoms. The zero-order chi connectivity index (χ0) is 19.3. The fourth-order valence-corrected chi connectivity index (χ4v) is 4.07. The van der Waals surface area contributed by atoms with Gasteiger partial charge in [-0.15, -0.1) is 0 Å². The molecule has 1 N–H and O–H groups in total. The molecular formula is C24H22N2OS. The number of amides is 1. The first-order chi connectivity index (χ1) is 13.7. The lowest BCUT2D eigenvalue weighted by Crippen LogP contribution is -2.19. The normalized spacial score (nSPS) is 16.8. The van der Waals surface area contributed by atoms with Crippen molar-refractivity contribution in [3.63, 3.8) is 0 Å². The summed E-state index contributed by atoms with van der Waals surface area (Å²) in [5, 5.41) is 5.80. The highest BCUT2D eigenvalue weighted by Crippen LogP contribution is 2.30. The van der Waals surface area contributed by atoms with Gasteiger partial charge < -0.3 is 5.32 Å². The number of hydrogen-bond donors (Lipinski definition) is 1. The number of aryl methyl sites for hydroxylation is 1. The predicted molar refractivity (Wildman–Crippen MR) is 120 cm³/mol. The number of aliphatic imine (C=N–C) groups is 1. The monoisotopic (exact) mass is 386 g/mol. The van der Waals surface area contributed by atoms with E-state index in [0.717, 1.165) is 28.4 Å². The number of hydrogen-bond acceptors (Lipinski definition) is 3. The van der Waals surface area contributed by atoms with E-state index < -0.39 is 0 Å². The van der Waals surface area contributed by atoms with Crippen LogP contribution < -0.4 is 5.32 Å². The van der Waals surface area contributed by atoms with Gasteiger partial charge in [-0.05, 0) is 64.7 Å². The fraction of sp³-hybridized carbons (Fsp3) is 0.167. The van der Waals surface area contributed by atoms with Crippen LogP contribution in [0, 0.1) is 0 Å². The molecule has 3 aromatic rings. The largest absolute Gasteiger partial charge is 0.300 e. The number of carbonyl (C=O) groups is 1. The molecular weight excluding hydrogens is 364 g/mol. The van der Waals surface area contributed by atoms with Crippen molar-refractivity contribution >= 4 is 45.4 Å². The Morgan fingerprint density at radius 1 is 1.00 bits per heavy atom. The van der Waals surface area contributed by atoms with Crippen LogP contribution in [0.1, 0.15) is 30.9 Å². The number of fused-ring (bicyclic) bond motifs is 1. The minimum Gasteiger partial charge on any atom is -0.300 e. The summed E-state index contributed by atoms with van der Waals surface area (Å²) in [6, 6.07) is 22.6. The highest BCUT2D eigenvalue weighted by molar-refractivity contribution is 8.18. The van der Waals surface area contributed by atoms with Crippen LogP contribution in [0.5, 0.6) is 0 Å². The summed E-state index contributed by atoms with van der Waals surface area (Å²) in [6.45, 7) is 2.20. The summed E-state index contributed by atoms with van der Waals surface area (Å²) >= 11 is 1.39. The van der Waals surface area contributed by atoms with Crippen molar-refractivity contribution in [2.45, 2.75) is 26.2 Å². The summed E-state index contributed by atoms with van der Waals surface area (Å²) in [5.74, 6) is -0.101. The van der Waals surface area contributed by atoms with Crippen molar-refractivity contribution in [2.75, 3.05) is 0 Å². The van der Waals surface area contributed by atoms with Crippen LogP contribution in [0.2, 0.25) is 0 Å². The van der Waals surface area contributed by atoms with Gasteiger partial charge in [-0.3, -0.25) is 4.79 Å². The summed E-state index contributed by atoms with van der Waals surface area (Å²) in [6.07, 6.45) is 5.43. The van der Waals surface area contributed by atoms with Gasteiger partial charge in [0.15, 0.2) is 5.17 Å². The molecule has 4 heteroatoms. The fourth-order valence-electron chi connectivity index (χ4n) is 3.23. The van der Waals surface area contributed by atoms with E-state index in [0.29, 0.717) is 10.1 Å². The standard InChI is InChI=1S/C24H22N2OS/c1-2-3-7-17-12-14-20(15-13-17)25-24-26-23(27)22(28-24)16-19-10-6-9-18-8-4-5-11-21(18)19/h4-6,8-16H,2-3,7H2,1H3,(H,25,26,27)/b22-16-. The maximum atomic E-state index is 12.4. The lowest BCUT2D eigenvalue weighted by atomic mass is 10.0. The molecule has 0 aromatic heterocycles. The molecule has 0 bridgehead atoms. The molecule has 3 aromatic carbocycles. The zero-order valence-electron chi connectivity index (χ0n) is 15.8. The van der Waals surface area contributed by atoms with Gasteiger partial charge in [0.2, 0.25) is 0 Å². The smallest absolute Gasteiger partial charge is 0.264 e. The summed E-state index contributed by atoms with van der Waals surface area (Å²) in [4.78, 5) is 17.7. The first kappa shape index (κ1) is 18.5. The Morgan fingerprint density at radius 3 is 2.61 bits per heavy atom. The van der Waals surface area contributed by atoms with Crippen molar-refractivity contribution in [1.82, 2.24) is 5.32 Å². The molecule has 3 nitrogen and oxygen atoms in total. The molecule has 0 unspecified atom stereocenters. The maximum Gasteiger partial charge on any atom is 0.264 e. The first-order valence-corrected chi connectivity index (χ1v) is 10.4. The van der Waals surface area contributed by atoms with E-state index in [2.05, 4.69) is 47.6 Å². The molecule has 1 saturated heterocycles. The van der Waals surface area contributed by atoms with Crippen LogP contribution >= 0.6 is 11.8 Å². The van der Waals surface area contributed by atoms with Gasteiger partial charge in [0.05, 0.1) is 10.6 Å². The van der Waals surface area contributed by atoms with E-state index in [4.69, 9.17) is 0 Å². The molecule has 0 saturated carbocycles. The summed E-state index contributed by atoms with van der Waals surface area (Å²) < 4.78 is 0. The van der Waals surface area contributed by atoms with Gasteiger partial charge in [0.25, 0.3) is 5.91 Å². The average molecular weight is 387 g/mol. The van der Waals surface area contributed by atoms with E-state index in [1.54, 1.807) is 0 Å². The second-order valence-electron chi connectivity index (χ2n) is 6.82. The second kappa shape index (κ2) is 8.44. The Morgan fingerprint density at radius 2 is 1.79 bits per heavy atom. The van der Waals surface area contributed by atoms with E-state index >= 15 is 0 Å². The lowest BCUT2D eigenvalue weighted by molar-refractivity contribution is -0.115. The number of thioether (sulfide) groups is 1. The molecule has 4 rings (SSSR count). The predicted octanol–water partition coefficient (Wildman–Crippen LogP) is 6.07. The van der Waals surface area contributed by atoms with Crippen LogP contribution in [-0.4, -0.2) is 11.1 Å². The minimum absolute atomic E-state index is 0.101. The van der Waals surface area contributed by atoms with Crippen LogP contribution in [0.3, 0.4) is 0 Å². The maximum absolute atomic E-state index is 12.4. The van der Waals surface area contributed by atoms with Crippen LogP contribution in [0.25, 0.3) is 16.8 Å². The number of amidine groups is 1.